The third-order valence-electron chi connectivity index (χ3n) is 4.76. The maximum Gasteiger partial charge on any atom is 0.230 e. The van der Waals surface area contributed by atoms with Crippen LogP contribution in [0.25, 0.3) is 22.3 Å². The minimum Gasteiger partial charge on any atom is -0.438 e. The molecule has 2 aromatic heterocycles. The van der Waals surface area contributed by atoms with Crippen molar-refractivity contribution < 1.29 is 4.74 Å². The average molecular weight is 355 g/mol. The fourth-order valence-electron chi connectivity index (χ4n) is 2.96. The second kappa shape index (κ2) is 7.54. The summed E-state index contributed by atoms with van der Waals surface area (Å²) in [5.74, 6) is 2.46. The van der Waals surface area contributed by atoms with Crippen molar-refractivity contribution in [1.82, 2.24) is 15.0 Å². The predicted octanol–water partition coefficient (Wildman–Crippen LogP) is 6.00. The average Bonchev–Trinajstić information content (AvgIpc) is 2.74. The summed E-state index contributed by atoms with van der Waals surface area (Å²) in [6.45, 7) is 4.43. The van der Waals surface area contributed by atoms with Crippen molar-refractivity contribution in [3.8, 4) is 23.0 Å². The molecule has 0 amide bonds. The van der Waals surface area contributed by atoms with Gasteiger partial charge < -0.3 is 4.74 Å². The van der Waals surface area contributed by atoms with Crippen molar-refractivity contribution in [3.05, 3.63) is 78.6 Å². The lowest BCUT2D eigenvalue weighted by molar-refractivity contribution is 0.468. The zero-order valence-electron chi connectivity index (χ0n) is 15.5. The first kappa shape index (κ1) is 17.2. The molecule has 0 radical (unpaired) electrons. The van der Waals surface area contributed by atoms with E-state index in [0.717, 1.165) is 28.6 Å². The number of hydrogen-bond acceptors (Lipinski definition) is 4. The minimum atomic E-state index is 0.538. The van der Waals surface area contributed by atoms with E-state index in [1.54, 1.807) is 12.4 Å². The van der Waals surface area contributed by atoms with Gasteiger partial charge in [-0.25, -0.2) is 4.98 Å². The van der Waals surface area contributed by atoms with Gasteiger partial charge in [0.15, 0.2) is 5.82 Å². The Morgan fingerprint density at radius 1 is 0.926 bits per heavy atom. The Bertz CT molecular complexity index is 1050. The molecule has 1 atom stereocenters. The van der Waals surface area contributed by atoms with Gasteiger partial charge in [0.1, 0.15) is 5.75 Å². The van der Waals surface area contributed by atoms with Gasteiger partial charge in [-0.1, -0.05) is 38.1 Å². The first-order valence-electron chi connectivity index (χ1n) is 9.19. The second-order valence-electron chi connectivity index (χ2n) is 6.59. The van der Waals surface area contributed by atoms with Crippen LogP contribution >= 0.6 is 0 Å². The van der Waals surface area contributed by atoms with E-state index in [1.807, 2.05) is 48.5 Å². The normalized spacial score (nSPS) is 12.1. The van der Waals surface area contributed by atoms with Gasteiger partial charge in [-0.3, -0.25) is 4.98 Å². The van der Waals surface area contributed by atoms with Crippen molar-refractivity contribution in [2.75, 3.05) is 0 Å². The third-order valence-corrected chi connectivity index (χ3v) is 4.76. The van der Waals surface area contributed by atoms with E-state index in [4.69, 9.17) is 4.74 Å². The highest BCUT2D eigenvalue weighted by atomic mass is 16.5. The molecule has 4 heteroatoms. The molecule has 4 rings (SSSR count). The van der Waals surface area contributed by atoms with Crippen LogP contribution in [0.4, 0.5) is 0 Å². The van der Waals surface area contributed by atoms with E-state index < -0.39 is 0 Å². The van der Waals surface area contributed by atoms with Crippen LogP contribution in [0.3, 0.4) is 0 Å². The molecule has 0 aliphatic heterocycles. The highest BCUT2D eigenvalue weighted by Gasteiger charge is 2.12. The lowest BCUT2D eigenvalue weighted by atomic mass is 9.99. The summed E-state index contributed by atoms with van der Waals surface area (Å²) >= 11 is 0. The molecular formula is C23H21N3O. The summed E-state index contributed by atoms with van der Waals surface area (Å²) < 4.78 is 6.15. The van der Waals surface area contributed by atoms with E-state index in [2.05, 4.69) is 40.9 Å². The standard InChI is InChI=1S/C23H21N3O/c1-3-16(2)17-10-12-19(13-11-17)27-23-20-8-4-5-9-21(20)25-22(26-23)18-7-6-14-24-15-18/h4-16H,3H2,1-2H3. The van der Waals surface area contributed by atoms with Crippen LogP contribution in [0, 0.1) is 0 Å². The largest absolute Gasteiger partial charge is 0.438 e. The Balaban J connectivity index is 1.74. The smallest absolute Gasteiger partial charge is 0.230 e. The number of rotatable bonds is 5. The summed E-state index contributed by atoms with van der Waals surface area (Å²) in [4.78, 5) is 13.5. The lowest BCUT2D eigenvalue weighted by Gasteiger charge is -2.12. The molecule has 0 saturated heterocycles. The molecule has 27 heavy (non-hydrogen) atoms. The van der Waals surface area contributed by atoms with E-state index in [0.29, 0.717) is 17.6 Å². The molecule has 0 aliphatic carbocycles. The molecule has 0 saturated carbocycles. The van der Waals surface area contributed by atoms with Crippen LogP contribution in [-0.4, -0.2) is 15.0 Å². The first-order chi connectivity index (χ1) is 13.2. The van der Waals surface area contributed by atoms with Crippen molar-refractivity contribution in [2.24, 2.45) is 0 Å². The highest BCUT2D eigenvalue weighted by Crippen LogP contribution is 2.30. The summed E-state index contributed by atoms with van der Waals surface area (Å²) in [7, 11) is 0. The van der Waals surface area contributed by atoms with Crippen molar-refractivity contribution in [2.45, 2.75) is 26.2 Å². The van der Waals surface area contributed by atoms with E-state index >= 15 is 0 Å². The van der Waals surface area contributed by atoms with Crippen LogP contribution in [-0.2, 0) is 0 Å². The molecule has 4 aromatic rings. The highest BCUT2D eigenvalue weighted by molar-refractivity contribution is 5.85. The van der Waals surface area contributed by atoms with Crippen molar-refractivity contribution in [3.63, 3.8) is 0 Å². The van der Waals surface area contributed by atoms with E-state index in [-0.39, 0.29) is 0 Å². The number of aromatic nitrogens is 3. The lowest BCUT2D eigenvalue weighted by Crippen LogP contribution is -1.97. The second-order valence-corrected chi connectivity index (χ2v) is 6.59. The van der Waals surface area contributed by atoms with Gasteiger partial charge in [-0.2, -0.15) is 4.98 Å². The number of hydrogen-bond donors (Lipinski definition) is 0. The zero-order valence-corrected chi connectivity index (χ0v) is 15.5. The number of nitrogens with zero attached hydrogens (tertiary/aromatic N) is 3. The zero-order chi connectivity index (χ0) is 18.6. The van der Waals surface area contributed by atoms with Crippen LogP contribution in [0.2, 0.25) is 0 Å². The van der Waals surface area contributed by atoms with Gasteiger partial charge in [0.25, 0.3) is 0 Å². The maximum atomic E-state index is 6.15. The summed E-state index contributed by atoms with van der Waals surface area (Å²) in [5.41, 5.74) is 3.02. The minimum absolute atomic E-state index is 0.538. The molecule has 2 aromatic carbocycles. The van der Waals surface area contributed by atoms with Crippen LogP contribution in [0.5, 0.6) is 11.6 Å². The Kier molecular flexibility index (Phi) is 4.79. The van der Waals surface area contributed by atoms with Gasteiger partial charge in [-0.15, -0.1) is 0 Å². The van der Waals surface area contributed by atoms with Gasteiger partial charge in [0.2, 0.25) is 5.88 Å². The number of para-hydroxylation sites is 1. The quantitative estimate of drug-likeness (QED) is 0.441. The summed E-state index contributed by atoms with van der Waals surface area (Å²) in [6, 6.07) is 19.9. The predicted molar refractivity (Wildman–Crippen MR) is 108 cm³/mol. The van der Waals surface area contributed by atoms with Gasteiger partial charge in [0, 0.05) is 18.0 Å². The fourth-order valence-corrected chi connectivity index (χ4v) is 2.96. The number of pyridine rings is 1. The van der Waals surface area contributed by atoms with Crippen LogP contribution in [0.15, 0.2) is 73.1 Å². The SMILES string of the molecule is CCC(C)c1ccc(Oc2nc(-c3cccnc3)nc3ccccc23)cc1. The van der Waals surface area contributed by atoms with Crippen molar-refractivity contribution in [1.29, 1.82) is 0 Å². The topological polar surface area (TPSA) is 47.9 Å². The summed E-state index contributed by atoms with van der Waals surface area (Å²) in [6.07, 6.45) is 4.61. The Morgan fingerprint density at radius 2 is 1.74 bits per heavy atom. The molecule has 0 N–H and O–H groups in total. The molecule has 1 unspecified atom stereocenters. The number of benzene rings is 2. The molecule has 0 fully saturated rings. The monoisotopic (exact) mass is 355 g/mol. The van der Waals surface area contributed by atoms with Crippen LogP contribution in [0.1, 0.15) is 31.7 Å². The van der Waals surface area contributed by atoms with E-state index in [9.17, 15) is 0 Å². The fraction of sp³-hybridized carbons (Fsp3) is 0.174. The molecule has 2 heterocycles. The summed E-state index contributed by atoms with van der Waals surface area (Å²) in [5, 5.41) is 0.885. The maximum absolute atomic E-state index is 6.15. The first-order valence-corrected chi connectivity index (χ1v) is 9.19. The van der Waals surface area contributed by atoms with Gasteiger partial charge >= 0.3 is 0 Å². The Hall–Kier alpha value is -3.27. The van der Waals surface area contributed by atoms with E-state index in [1.165, 1.54) is 5.56 Å². The third kappa shape index (κ3) is 3.65. The molecule has 0 spiro atoms. The molecular weight excluding hydrogens is 334 g/mol. The van der Waals surface area contributed by atoms with Gasteiger partial charge in [0.05, 0.1) is 10.9 Å². The van der Waals surface area contributed by atoms with Crippen LogP contribution < -0.4 is 4.74 Å². The molecule has 0 aliphatic rings. The molecule has 0 bridgehead atoms. The molecule has 134 valence electrons. The number of ether oxygens (including phenoxy) is 1. The van der Waals surface area contributed by atoms with Crippen molar-refractivity contribution >= 4 is 10.9 Å². The molecule has 4 nitrogen and oxygen atoms in total. The number of fused-ring (bicyclic) bond motifs is 1. The Morgan fingerprint density at radius 3 is 2.48 bits per heavy atom. The Labute approximate surface area is 158 Å². The van der Waals surface area contributed by atoms with Gasteiger partial charge in [-0.05, 0) is 54.3 Å².